The Kier molecular flexibility index (Phi) is 3.80. The Morgan fingerprint density at radius 1 is 0.933 bits per heavy atom. The third-order valence-electron chi connectivity index (χ3n) is 1.35. The van der Waals surface area contributed by atoms with E-state index < -0.39 is 31.3 Å². The van der Waals surface area contributed by atoms with Gasteiger partial charge in [-0.05, 0) is 24.3 Å². The summed E-state index contributed by atoms with van der Waals surface area (Å²) >= 11 is 3.04. The van der Waals surface area contributed by atoms with E-state index in [-0.39, 0.29) is 3.57 Å². The average Bonchev–Trinajstić information content (AvgIpc) is 2.06. The minimum absolute atomic E-state index is 0.000486. The predicted octanol–water partition coefficient (Wildman–Crippen LogP) is 0.754. The van der Waals surface area contributed by atoms with Crippen molar-refractivity contribution in [2.75, 3.05) is 0 Å². The van der Waals surface area contributed by atoms with Gasteiger partial charge in [0.1, 0.15) is 0 Å². The molecule has 0 spiro atoms. The van der Waals surface area contributed by atoms with Crippen LogP contribution in [0.3, 0.4) is 0 Å². The molecule has 0 aliphatic rings. The number of hydrogen-bond acceptors (Lipinski definition) is 0. The van der Waals surface area contributed by atoms with Gasteiger partial charge in [0.2, 0.25) is 0 Å². The lowest BCUT2D eigenvalue weighted by molar-refractivity contribution is -0.791. The average molecular weight is 357 g/mol. The first kappa shape index (κ1) is 13.0. The third kappa shape index (κ3) is 3.44. The van der Waals surface area contributed by atoms with E-state index in [1.807, 2.05) is 0 Å². The van der Waals surface area contributed by atoms with Gasteiger partial charge in [-0.3, -0.25) is 0 Å². The zero-order chi connectivity index (χ0) is 11.7. The van der Waals surface area contributed by atoms with Gasteiger partial charge in [-0.25, -0.2) is 0 Å². The zero-order valence-corrected chi connectivity index (χ0v) is 9.87. The van der Waals surface area contributed by atoms with Crippen molar-refractivity contribution in [2.24, 2.45) is 0 Å². The van der Waals surface area contributed by atoms with Crippen LogP contribution in [0.25, 0.3) is 0 Å². The molecule has 7 heteroatoms. The van der Waals surface area contributed by atoms with Crippen LogP contribution in [-0.2, 0) is 0 Å². The van der Waals surface area contributed by atoms with Crippen LogP contribution in [-0.4, -0.2) is 10.1 Å². The predicted molar refractivity (Wildman–Crippen MR) is 41.2 cm³/mol. The minimum Gasteiger partial charge on any atom is -0.161 e. The molecule has 0 saturated heterocycles. The first-order chi connectivity index (χ1) is 6.72. The van der Waals surface area contributed by atoms with Gasteiger partial charge in [0.15, 0.2) is 3.57 Å². The van der Waals surface area contributed by atoms with Crippen LogP contribution in [0.15, 0.2) is 24.3 Å². The Morgan fingerprint density at radius 3 is 1.80 bits per heavy atom. The van der Waals surface area contributed by atoms with Crippen LogP contribution in [0.5, 0.6) is 0 Å². The summed E-state index contributed by atoms with van der Waals surface area (Å²) in [5, 5.41) is 0.304. The van der Waals surface area contributed by atoms with Crippen LogP contribution in [0.1, 0.15) is 0 Å². The van der Waals surface area contributed by atoms with Gasteiger partial charge in [0.05, 0.1) is 0 Å². The van der Waals surface area contributed by atoms with Crippen molar-refractivity contribution in [3.05, 3.63) is 32.9 Å². The summed E-state index contributed by atoms with van der Waals surface area (Å²) in [6.07, 6.45) is -5.47. The topological polar surface area (TPSA) is 0 Å². The maximum atomic E-state index is 12.6. The van der Waals surface area contributed by atoms with Crippen LogP contribution >= 0.6 is 11.6 Å². The van der Waals surface area contributed by atoms with Crippen molar-refractivity contribution in [1.82, 2.24) is 0 Å². The van der Waals surface area contributed by atoms with E-state index in [0.717, 1.165) is 0 Å². The first-order valence-corrected chi connectivity index (χ1v) is 6.12. The molecule has 1 aromatic carbocycles. The molecule has 0 atom stereocenters. The third-order valence-corrected chi connectivity index (χ3v) is 4.24. The Labute approximate surface area is 97.7 Å². The summed E-state index contributed by atoms with van der Waals surface area (Å²) in [5.74, 6) is 0. The van der Waals surface area contributed by atoms with Crippen LogP contribution in [0.2, 0.25) is 5.02 Å². The van der Waals surface area contributed by atoms with Gasteiger partial charge in [-0.1, -0.05) is 11.6 Å². The molecule has 0 saturated carbocycles. The van der Waals surface area contributed by atoms with Crippen molar-refractivity contribution in [1.29, 1.82) is 0 Å². The SMILES string of the molecule is FC(F)(F)C(F)(F)[I+]c1ccc(Cl)cc1. The monoisotopic (exact) mass is 357 g/mol. The highest BCUT2D eigenvalue weighted by atomic mass is 127. The maximum absolute atomic E-state index is 12.6. The molecule has 0 radical (unpaired) electrons. The van der Waals surface area contributed by atoms with Gasteiger partial charge in [0.25, 0.3) is 0 Å². The second-order valence-electron chi connectivity index (χ2n) is 2.53. The normalized spacial score (nSPS) is 12.9. The van der Waals surface area contributed by atoms with Crippen molar-refractivity contribution in [3.63, 3.8) is 0 Å². The Balaban J connectivity index is 2.82. The van der Waals surface area contributed by atoms with E-state index >= 15 is 0 Å². The highest BCUT2D eigenvalue weighted by molar-refractivity contribution is 6.30. The molecule has 1 aromatic rings. The summed E-state index contributed by atoms with van der Waals surface area (Å²) in [6, 6.07) is 4.97. The smallest absolute Gasteiger partial charge is 0.161 e. The highest BCUT2D eigenvalue weighted by Gasteiger charge is 2.70. The van der Waals surface area contributed by atoms with Gasteiger partial charge in [0, 0.05) is 5.02 Å². The lowest BCUT2D eigenvalue weighted by Gasteiger charge is -2.07. The summed E-state index contributed by atoms with van der Waals surface area (Å²) in [7, 11) is 0. The number of halogens is 7. The largest absolute Gasteiger partial charge is 0.543 e. The van der Waals surface area contributed by atoms with Gasteiger partial charge >= 0.3 is 31.3 Å². The molecule has 84 valence electrons. The number of benzene rings is 1. The van der Waals surface area contributed by atoms with Crippen LogP contribution in [0, 0.1) is 3.57 Å². The molecular weight excluding hydrogens is 353 g/mol. The minimum atomic E-state index is -5.47. The van der Waals surface area contributed by atoms with E-state index in [1.54, 1.807) is 0 Å². The fourth-order valence-electron chi connectivity index (χ4n) is 0.683. The first-order valence-electron chi connectivity index (χ1n) is 3.58. The molecule has 0 amide bonds. The van der Waals surface area contributed by atoms with Crippen molar-refractivity contribution < 1.29 is 43.2 Å². The van der Waals surface area contributed by atoms with E-state index in [9.17, 15) is 22.0 Å². The molecule has 0 nitrogen and oxygen atoms in total. The Hall–Kier alpha value is -0.110. The summed E-state index contributed by atoms with van der Waals surface area (Å²) < 4.78 is 56.2. The number of rotatable bonds is 2. The molecule has 15 heavy (non-hydrogen) atoms. The maximum Gasteiger partial charge on any atom is 0.543 e. The number of alkyl halides is 6. The van der Waals surface area contributed by atoms with Gasteiger partial charge in [-0.15, -0.1) is 8.78 Å². The fourth-order valence-corrected chi connectivity index (χ4v) is 2.62. The Morgan fingerprint density at radius 2 is 1.40 bits per heavy atom. The van der Waals surface area contributed by atoms with E-state index in [1.165, 1.54) is 24.3 Å². The van der Waals surface area contributed by atoms with Crippen LogP contribution in [0.4, 0.5) is 22.0 Å². The molecule has 0 aromatic heterocycles. The summed E-state index contributed by atoms with van der Waals surface area (Å²) in [5.41, 5.74) is 0. The summed E-state index contributed by atoms with van der Waals surface area (Å²) in [4.78, 5) is 0. The van der Waals surface area contributed by atoms with E-state index in [4.69, 9.17) is 11.6 Å². The van der Waals surface area contributed by atoms with Crippen LogP contribution < -0.4 is 21.2 Å². The molecule has 0 aliphatic heterocycles. The lowest BCUT2D eigenvalue weighted by Crippen LogP contribution is -3.68. The lowest BCUT2D eigenvalue weighted by atomic mass is 10.4. The standard InChI is InChI=1S/C8H4ClF5I/c9-5-1-3-6(4-2-5)15-8(13,14)7(10,11)12/h1-4H/q+1. The van der Waals surface area contributed by atoms with Crippen molar-refractivity contribution in [3.8, 4) is 0 Å². The molecule has 0 aliphatic carbocycles. The molecule has 0 heterocycles. The molecule has 0 fully saturated rings. The van der Waals surface area contributed by atoms with E-state index in [2.05, 4.69) is 0 Å². The molecule has 0 unspecified atom stereocenters. The highest BCUT2D eigenvalue weighted by Crippen LogP contribution is 2.27. The molecular formula is C8H4ClF5I+. The Bertz CT molecular complexity index is 332. The molecule has 0 N–H and O–H groups in total. The fraction of sp³-hybridized carbons (Fsp3) is 0.250. The quantitative estimate of drug-likeness (QED) is 0.416. The van der Waals surface area contributed by atoms with Crippen molar-refractivity contribution in [2.45, 2.75) is 10.1 Å². The molecule has 0 bridgehead atoms. The van der Waals surface area contributed by atoms with Gasteiger partial charge in [-0.2, -0.15) is 13.2 Å². The number of hydrogen-bond donors (Lipinski definition) is 0. The van der Waals surface area contributed by atoms with E-state index in [0.29, 0.717) is 5.02 Å². The second kappa shape index (κ2) is 4.40. The zero-order valence-electron chi connectivity index (χ0n) is 6.96. The van der Waals surface area contributed by atoms with Crippen molar-refractivity contribution >= 4 is 11.6 Å². The molecule has 1 rings (SSSR count). The van der Waals surface area contributed by atoms with Gasteiger partial charge < -0.3 is 0 Å². The summed E-state index contributed by atoms with van der Waals surface area (Å²) in [6.45, 7) is 0. The second-order valence-corrected chi connectivity index (χ2v) is 6.10.